The molecule has 1 aliphatic rings. The van der Waals surface area contributed by atoms with Gasteiger partial charge >= 0.3 is 5.97 Å². The molecule has 0 amide bonds. The molecule has 1 aromatic carbocycles. The first kappa shape index (κ1) is 9.72. The van der Waals surface area contributed by atoms with Crippen LogP contribution in [0.3, 0.4) is 0 Å². The highest BCUT2D eigenvalue weighted by atomic mass is 16.4. The number of hydrogen-bond donors (Lipinski definition) is 1. The molecule has 1 aromatic rings. The van der Waals surface area contributed by atoms with Crippen molar-refractivity contribution in [2.75, 3.05) is 0 Å². The van der Waals surface area contributed by atoms with Gasteiger partial charge in [-0.3, -0.25) is 4.79 Å². The molecule has 0 unspecified atom stereocenters. The van der Waals surface area contributed by atoms with E-state index in [4.69, 9.17) is 10.4 Å². The zero-order valence-electron chi connectivity index (χ0n) is 8.18. The predicted molar refractivity (Wildman–Crippen MR) is 54.3 cm³/mol. The monoisotopic (exact) mass is 201 g/mol. The SMILES string of the molecule is N#Cc1ccc(C2CC(C(=O)O)C2)cc1. The van der Waals surface area contributed by atoms with Crippen LogP contribution in [-0.2, 0) is 4.79 Å². The van der Waals surface area contributed by atoms with Crippen LogP contribution in [-0.4, -0.2) is 11.1 Å². The number of rotatable bonds is 2. The third kappa shape index (κ3) is 1.84. The molecule has 0 saturated heterocycles. The minimum absolute atomic E-state index is 0.175. The third-order valence-electron chi connectivity index (χ3n) is 3.00. The van der Waals surface area contributed by atoms with E-state index < -0.39 is 5.97 Å². The molecule has 3 nitrogen and oxygen atoms in total. The van der Waals surface area contributed by atoms with Gasteiger partial charge in [0.2, 0.25) is 0 Å². The number of carbonyl (C=O) groups is 1. The first-order chi connectivity index (χ1) is 7.20. The summed E-state index contributed by atoms with van der Waals surface area (Å²) < 4.78 is 0. The van der Waals surface area contributed by atoms with Crippen molar-refractivity contribution in [3.8, 4) is 6.07 Å². The molecule has 0 bridgehead atoms. The van der Waals surface area contributed by atoms with Gasteiger partial charge in [0, 0.05) is 0 Å². The fourth-order valence-corrected chi connectivity index (χ4v) is 1.92. The summed E-state index contributed by atoms with van der Waals surface area (Å²) in [5.41, 5.74) is 1.79. The number of nitrogens with zero attached hydrogens (tertiary/aromatic N) is 1. The fourth-order valence-electron chi connectivity index (χ4n) is 1.92. The van der Waals surface area contributed by atoms with Crippen LogP contribution in [0.25, 0.3) is 0 Å². The topological polar surface area (TPSA) is 61.1 Å². The standard InChI is InChI=1S/C12H11NO2/c13-7-8-1-3-9(4-2-8)10-5-11(6-10)12(14)15/h1-4,10-11H,5-6H2,(H,14,15). The van der Waals surface area contributed by atoms with Gasteiger partial charge in [0.1, 0.15) is 0 Å². The van der Waals surface area contributed by atoms with Crippen molar-refractivity contribution >= 4 is 5.97 Å². The summed E-state index contributed by atoms with van der Waals surface area (Å²) >= 11 is 0. The van der Waals surface area contributed by atoms with Gasteiger partial charge in [-0.1, -0.05) is 12.1 Å². The Kier molecular flexibility index (Phi) is 2.42. The summed E-state index contributed by atoms with van der Waals surface area (Å²) in [5.74, 6) is -0.510. The molecule has 0 radical (unpaired) electrons. The quantitative estimate of drug-likeness (QED) is 0.797. The van der Waals surface area contributed by atoms with Crippen LogP contribution in [0, 0.1) is 17.2 Å². The summed E-state index contributed by atoms with van der Waals surface area (Å²) in [6, 6.07) is 9.46. The Labute approximate surface area is 88.0 Å². The Hall–Kier alpha value is -1.82. The molecular weight excluding hydrogens is 190 g/mol. The minimum atomic E-state index is -0.695. The normalized spacial score (nSPS) is 23.9. The summed E-state index contributed by atoms with van der Waals surface area (Å²) in [7, 11) is 0. The second kappa shape index (κ2) is 3.74. The van der Waals surface area contributed by atoms with Crippen molar-refractivity contribution in [1.29, 1.82) is 5.26 Å². The summed E-state index contributed by atoms with van der Waals surface area (Å²) in [4.78, 5) is 10.6. The van der Waals surface area contributed by atoms with Crippen molar-refractivity contribution in [1.82, 2.24) is 0 Å². The number of hydrogen-bond acceptors (Lipinski definition) is 2. The van der Waals surface area contributed by atoms with Crippen LogP contribution in [0.15, 0.2) is 24.3 Å². The summed E-state index contributed by atoms with van der Waals surface area (Å²) in [6.07, 6.45) is 1.45. The van der Waals surface area contributed by atoms with E-state index in [-0.39, 0.29) is 5.92 Å². The van der Waals surface area contributed by atoms with Crippen molar-refractivity contribution in [2.45, 2.75) is 18.8 Å². The number of carboxylic acid groups (broad SMARTS) is 1. The first-order valence-electron chi connectivity index (χ1n) is 4.93. The Balaban J connectivity index is 2.02. The molecule has 1 fully saturated rings. The van der Waals surface area contributed by atoms with E-state index in [0.717, 1.165) is 18.4 Å². The summed E-state index contributed by atoms with van der Waals surface area (Å²) in [6.45, 7) is 0. The number of benzene rings is 1. The van der Waals surface area contributed by atoms with Crippen LogP contribution >= 0.6 is 0 Å². The Bertz CT molecular complexity index is 410. The molecule has 0 spiro atoms. The molecule has 0 aromatic heterocycles. The minimum Gasteiger partial charge on any atom is -0.481 e. The number of carboxylic acids is 1. The fraction of sp³-hybridized carbons (Fsp3) is 0.333. The van der Waals surface area contributed by atoms with Crippen LogP contribution in [0.2, 0.25) is 0 Å². The van der Waals surface area contributed by atoms with Crippen LogP contribution in [0.4, 0.5) is 0 Å². The van der Waals surface area contributed by atoms with Crippen molar-refractivity contribution in [2.24, 2.45) is 5.92 Å². The average molecular weight is 201 g/mol. The lowest BCUT2D eigenvalue weighted by atomic mass is 9.71. The van der Waals surface area contributed by atoms with Crippen molar-refractivity contribution in [3.63, 3.8) is 0 Å². The Morgan fingerprint density at radius 2 is 1.93 bits per heavy atom. The van der Waals surface area contributed by atoms with Crippen LogP contribution in [0.5, 0.6) is 0 Å². The number of aliphatic carboxylic acids is 1. The highest BCUT2D eigenvalue weighted by Gasteiger charge is 2.34. The lowest BCUT2D eigenvalue weighted by Gasteiger charge is -2.32. The van der Waals surface area contributed by atoms with E-state index in [2.05, 4.69) is 6.07 Å². The molecule has 1 aliphatic carbocycles. The Morgan fingerprint density at radius 3 is 2.40 bits per heavy atom. The van der Waals surface area contributed by atoms with Gasteiger partial charge in [-0.05, 0) is 36.5 Å². The van der Waals surface area contributed by atoms with Gasteiger partial charge in [0.15, 0.2) is 0 Å². The zero-order valence-corrected chi connectivity index (χ0v) is 8.18. The zero-order chi connectivity index (χ0) is 10.8. The van der Waals surface area contributed by atoms with Gasteiger partial charge < -0.3 is 5.11 Å². The van der Waals surface area contributed by atoms with Gasteiger partial charge in [-0.2, -0.15) is 5.26 Å². The van der Waals surface area contributed by atoms with E-state index >= 15 is 0 Å². The van der Waals surface area contributed by atoms with Crippen molar-refractivity contribution in [3.05, 3.63) is 35.4 Å². The largest absolute Gasteiger partial charge is 0.481 e. The predicted octanol–water partition coefficient (Wildman–Crippen LogP) is 2.14. The van der Waals surface area contributed by atoms with E-state index in [9.17, 15) is 4.79 Å². The second-order valence-corrected chi connectivity index (χ2v) is 3.94. The third-order valence-corrected chi connectivity index (χ3v) is 3.00. The lowest BCUT2D eigenvalue weighted by molar-refractivity contribution is -0.145. The van der Waals surface area contributed by atoms with Gasteiger partial charge in [-0.25, -0.2) is 0 Å². The van der Waals surface area contributed by atoms with Gasteiger partial charge in [0.05, 0.1) is 17.6 Å². The van der Waals surface area contributed by atoms with Gasteiger partial charge in [-0.15, -0.1) is 0 Å². The second-order valence-electron chi connectivity index (χ2n) is 3.94. The first-order valence-corrected chi connectivity index (χ1v) is 4.93. The van der Waals surface area contributed by atoms with E-state index in [1.807, 2.05) is 12.1 Å². The highest BCUT2D eigenvalue weighted by molar-refractivity contribution is 5.71. The maximum absolute atomic E-state index is 10.6. The van der Waals surface area contributed by atoms with E-state index in [1.54, 1.807) is 12.1 Å². The molecule has 3 heteroatoms. The van der Waals surface area contributed by atoms with Gasteiger partial charge in [0.25, 0.3) is 0 Å². The summed E-state index contributed by atoms with van der Waals surface area (Å²) in [5, 5.41) is 17.4. The maximum atomic E-state index is 10.6. The molecule has 76 valence electrons. The average Bonchev–Trinajstić information content (AvgIpc) is 2.16. The van der Waals surface area contributed by atoms with E-state index in [1.165, 1.54) is 0 Å². The molecule has 2 rings (SSSR count). The van der Waals surface area contributed by atoms with Crippen LogP contribution in [0.1, 0.15) is 29.9 Å². The molecule has 15 heavy (non-hydrogen) atoms. The molecule has 0 atom stereocenters. The Morgan fingerprint density at radius 1 is 1.33 bits per heavy atom. The van der Waals surface area contributed by atoms with Crippen molar-refractivity contribution < 1.29 is 9.90 Å². The highest BCUT2D eigenvalue weighted by Crippen LogP contribution is 2.41. The van der Waals surface area contributed by atoms with Crippen LogP contribution < -0.4 is 0 Å². The number of nitriles is 1. The molecule has 0 aliphatic heterocycles. The molecule has 1 N–H and O–H groups in total. The molecular formula is C12H11NO2. The smallest absolute Gasteiger partial charge is 0.306 e. The lowest BCUT2D eigenvalue weighted by Crippen LogP contribution is -2.28. The molecule has 0 heterocycles. The molecule has 1 saturated carbocycles. The maximum Gasteiger partial charge on any atom is 0.306 e. The van der Waals surface area contributed by atoms with E-state index in [0.29, 0.717) is 11.5 Å².